The van der Waals surface area contributed by atoms with E-state index in [0.29, 0.717) is 39.0 Å². The second-order valence-corrected chi connectivity index (χ2v) is 8.88. The van der Waals surface area contributed by atoms with E-state index in [9.17, 15) is 14.4 Å². The van der Waals surface area contributed by atoms with Gasteiger partial charge in [-0.05, 0) is 42.5 Å². The quantitative estimate of drug-likeness (QED) is 0.427. The summed E-state index contributed by atoms with van der Waals surface area (Å²) < 4.78 is 14.2. The number of hydrogen-bond donors (Lipinski definition) is 1. The van der Waals surface area contributed by atoms with E-state index in [1.807, 2.05) is 30.1 Å². The molecule has 0 unspecified atom stereocenters. The van der Waals surface area contributed by atoms with Gasteiger partial charge in [0.05, 0.1) is 11.2 Å². The van der Waals surface area contributed by atoms with Crippen molar-refractivity contribution in [1.82, 2.24) is 15.3 Å². The van der Waals surface area contributed by atoms with Gasteiger partial charge >= 0.3 is 0 Å². The van der Waals surface area contributed by atoms with Crippen molar-refractivity contribution in [2.45, 2.75) is 6.54 Å². The molecular formula is C22H13BrFN5OS. The van der Waals surface area contributed by atoms with E-state index in [1.165, 1.54) is 23.5 Å². The number of nitrogens with zero attached hydrogens (tertiary/aromatic N) is 4. The van der Waals surface area contributed by atoms with Crippen molar-refractivity contribution < 1.29 is 9.18 Å². The van der Waals surface area contributed by atoms with Gasteiger partial charge < -0.3 is 10.2 Å². The second kappa shape index (κ2) is 7.41. The van der Waals surface area contributed by atoms with Crippen LogP contribution in [0.3, 0.4) is 0 Å². The number of amides is 1. The van der Waals surface area contributed by atoms with Crippen molar-refractivity contribution in [3.63, 3.8) is 0 Å². The lowest BCUT2D eigenvalue weighted by Crippen LogP contribution is -2.13. The van der Waals surface area contributed by atoms with Gasteiger partial charge in [-0.2, -0.15) is 5.26 Å². The lowest BCUT2D eigenvalue weighted by atomic mass is 10.1. The first kappa shape index (κ1) is 19.6. The SMILES string of the molecule is CN(c1nc(-c2ccc(F)cc2)c(C#N)s1)c1c2c(nc3ccc(Br)cc13)C(=O)NC2. The van der Waals surface area contributed by atoms with Crippen LogP contribution in [-0.2, 0) is 6.54 Å². The zero-order valence-corrected chi connectivity index (χ0v) is 18.5. The van der Waals surface area contributed by atoms with Crippen molar-refractivity contribution in [2.75, 3.05) is 11.9 Å². The van der Waals surface area contributed by atoms with Gasteiger partial charge in [0.15, 0.2) is 5.13 Å². The summed E-state index contributed by atoms with van der Waals surface area (Å²) in [6.45, 7) is 0.366. The van der Waals surface area contributed by atoms with E-state index < -0.39 is 0 Å². The van der Waals surface area contributed by atoms with Gasteiger partial charge in [0.25, 0.3) is 5.91 Å². The number of rotatable bonds is 3. The molecule has 3 heterocycles. The number of thiazole rings is 1. The highest BCUT2D eigenvalue weighted by atomic mass is 79.9. The number of benzene rings is 2. The Kier molecular flexibility index (Phi) is 4.68. The minimum atomic E-state index is -0.351. The molecule has 0 bridgehead atoms. The molecule has 1 aliphatic heterocycles. The molecule has 1 aliphatic rings. The molecule has 9 heteroatoms. The van der Waals surface area contributed by atoms with E-state index in [4.69, 9.17) is 4.98 Å². The number of pyridine rings is 1. The topological polar surface area (TPSA) is 81.9 Å². The first-order valence-electron chi connectivity index (χ1n) is 9.27. The van der Waals surface area contributed by atoms with Crippen molar-refractivity contribution in [3.05, 3.63) is 68.9 Å². The van der Waals surface area contributed by atoms with Crippen LogP contribution in [0.25, 0.3) is 22.2 Å². The maximum atomic E-state index is 13.3. The van der Waals surface area contributed by atoms with E-state index >= 15 is 0 Å². The fourth-order valence-corrected chi connectivity index (χ4v) is 4.89. The number of aromatic nitrogens is 2. The number of halogens is 2. The Morgan fingerprint density at radius 2 is 1.97 bits per heavy atom. The molecule has 5 rings (SSSR count). The normalized spacial score (nSPS) is 12.5. The molecule has 6 nitrogen and oxygen atoms in total. The highest BCUT2D eigenvalue weighted by Gasteiger charge is 2.29. The molecule has 1 N–H and O–H groups in total. The van der Waals surface area contributed by atoms with Crippen LogP contribution < -0.4 is 10.2 Å². The minimum Gasteiger partial charge on any atom is -0.346 e. The van der Waals surface area contributed by atoms with Crippen LogP contribution in [0.2, 0.25) is 0 Å². The molecule has 0 atom stereocenters. The Morgan fingerprint density at radius 1 is 1.19 bits per heavy atom. The van der Waals surface area contributed by atoms with Crippen LogP contribution in [-0.4, -0.2) is 22.9 Å². The molecule has 0 saturated heterocycles. The highest BCUT2D eigenvalue weighted by molar-refractivity contribution is 9.10. The standard InChI is InChI=1S/C22H13BrFN5OS/c1-29(22-28-18(17(9-25)31-22)11-2-5-13(24)6-3-11)20-14-8-12(23)4-7-16(14)27-19-15(20)10-26-21(19)30/h2-8H,10H2,1H3,(H,26,30). The van der Waals surface area contributed by atoms with E-state index in [2.05, 4.69) is 32.3 Å². The Labute approximate surface area is 189 Å². The number of fused-ring (bicyclic) bond motifs is 2. The highest BCUT2D eigenvalue weighted by Crippen LogP contribution is 2.41. The summed E-state index contributed by atoms with van der Waals surface area (Å²) in [7, 11) is 1.85. The van der Waals surface area contributed by atoms with Crippen molar-refractivity contribution >= 4 is 54.9 Å². The predicted molar refractivity (Wildman–Crippen MR) is 121 cm³/mol. The first-order chi connectivity index (χ1) is 15.0. The molecule has 152 valence electrons. The zero-order chi connectivity index (χ0) is 21.7. The summed E-state index contributed by atoms with van der Waals surface area (Å²) in [5.74, 6) is -0.560. The van der Waals surface area contributed by atoms with Crippen LogP contribution in [0.5, 0.6) is 0 Å². The largest absolute Gasteiger partial charge is 0.346 e. The molecule has 0 saturated carbocycles. The third kappa shape index (κ3) is 3.24. The monoisotopic (exact) mass is 493 g/mol. The molecule has 2 aromatic carbocycles. The average molecular weight is 494 g/mol. The van der Waals surface area contributed by atoms with Crippen molar-refractivity contribution in [2.24, 2.45) is 0 Å². The Morgan fingerprint density at radius 3 is 2.71 bits per heavy atom. The summed E-state index contributed by atoms with van der Waals surface area (Å²) in [5, 5.41) is 13.9. The van der Waals surface area contributed by atoms with Gasteiger partial charge in [-0.3, -0.25) is 4.79 Å². The fraction of sp³-hybridized carbons (Fsp3) is 0.0909. The maximum Gasteiger partial charge on any atom is 0.270 e. The van der Waals surface area contributed by atoms with Crippen molar-refractivity contribution in [3.8, 4) is 17.3 Å². The molecule has 1 amide bonds. The lowest BCUT2D eigenvalue weighted by molar-refractivity contribution is 0.0962. The summed E-state index contributed by atoms with van der Waals surface area (Å²) in [6, 6.07) is 13.8. The predicted octanol–water partition coefficient (Wildman–Crippen LogP) is 5.14. The van der Waals surface area contributed by atoms with E-state index in [0.717, 1.165) is 21.1 Å². The second-order valence-electron chi connectivity index (χ2n) is 6.98. The van der Waals surface area contributed by atoms with E-state index in [1.54, 1.807) is 12.1 Å². The smallest absolute Gasteiger partial charge is 0.270 e. The molecular weight excluding hydrogens is 481 g/mol. The summed E-state index contributed by atoms with van der Waals surface area (Å²) in [5.41, 5.74) is 3.85. The Hall–Kier alpha value is -3.35. The number of anilines is 2. The maximum absolute atomic E-state index is 13.3. The Bertz CT molecular complexity index is 1410. The van der Waals surface area contributed by atoms with Gasteiger partial charge in [0.1, 0.15) is 28.2 Å². The number of hydrogen-bond acceptors (Lipinski definition) is 6. The van der Waals surface area contributed by atoms with Crippen LogP contribution >= 0.6 is 27.3 Å². The van der Waals surface area contributed by atoms with E-state index in [-0.39, 0.29) is 11.7 Å². The third-order valence-corrected chi connectivity index (χ3v) is 6.65. The first-order valence-corrected chi connectivity index (χ1v) is 10.9. The molecule has 0 spiro atoms. The Balaban J connectivity index is 1.70. The zero-order valence-electron chi connectivity index (χ0n) is 16.1. The van der Waals surface area contributed by atoms with Crippen LogP contribution in [0, 0.1) is 17.1 Å². The molecule has 0 aliphatic carbocycles. The van der Waals surface area contributed by atoms with Crippen LogP contribution in [0.1, 0.15) is 20.9 Å². The van der Waals surface area contributed by atoms with Gasteiger partial charge in [0, 0.05) is 34.6 Å². The fourth-order valence-electron chi connectivity index (χ4n) is 3.68. The molecule has 2 aromatic heterocycles. The van der Waals surface area contributed by atoms with Gasteiger partial charge in [-0.15, -0.1) is 0 Å². The summed E-state index contributed by atoms with van der Waals surface area (Å²) in [4.78, 5) is 23.9. The molecule has 0 fully saturated rings. The minimum absolute atomic E-state index is 0.210. The van der Waals surface area contributed by atoms with Gasteiger partial charge in [-0.25, -0.2) is 14.4 Å². The summed E-state index contributed by atoms with van der Waals surface area (Å²) >= 11 is 4.76. The molecule has 4 aromatic rings. The number of carbonyl (C=O) groups is 1. The number of carbonyl (C=O) groups excluding carboxylic acids is 1. The van der Waals surface area contributed by atoms with Gasteiger partial charge in [-0.1, -0.05) is 27.3 Å². The van der Waals surface area contributed by atoms with Gasteiger partial charge in [0.2, 0.25) is 0 Å². The molecule has 0 radical (unpaired) electrons. The number of nitrogens with one attached hydrogen (secondary N) is 1. The summed E-state index contributed by atoms with van der Waals surface area (Å²) in [6.07, 6.45) is 0. The lowest BCUT2D eigenvalue weighted by Gasteiger charge is -2.21. The third-order valence-electron chi connectivity index (χ3n) is 5.12. The van der Waals surface area contributed by atoms with Crippen LogP contribution in [0.15, 0.2) is 46.9 Å². The van der Waals surface area contributed by atoms with Crippen LogP contribution in [0.4, 0.5) is 15.2 Å². The number of nitriles is 1. The van der Waals surface area contributed by atoms with Crippen molar-refractivity contribution in [1.29, 1.82) is 5.26 Å². The average Bonchev–Trinajstić information content (AvgIpc) is 3.36. The molecule has 31 heavy (non-hydrogen) atoms.